The van der Waals surface area contributed by atoms with E-state index in [1.54, 1.807) is 13.3 Å². The van der Waals surface area contributed by atoms with Crippen molar-refractivity contribution in [3.8, 4) is 5.75 Å². The van der Waals surface area contributed by atoms with Crippen molar-refractivity contribution in [2.75, 3.05) is 39.8 Å². The topological polar surface area (TPSA) is 54.5 Å². The van der Waals surface area contributed by atoms with Crippen LogP contribution in [0.3, 0.4) is 0 Å². The number of hydrogen-bond acceptors (Lipinski definition) is 5. The third-order valence-electron chi connectivity index (χ3n) is 4.41. The number of Topliss-reactive ketones (excluding diaryl/α,β-unsaturated/α-hetero) is 1. The number of methoxy groups -OCH3 is 1. The molecule has 0 radical (unpaired) electrons. The van der Waals surface area contributed by atoms with Crippen molar-refractivity contribution >= 4 is 16.7 Å². The molecule has 1 saturated heterocycles. The Morgan fingerprint density at radius 1 is 1.35 bits per heavy atom. The highest BCUT2D eigenvalue weighted by atomic mass is 16.5. The maximum absolute atomic E-state index is 12.9. The van der Waals surface area contributed by atoms with E-state index in [-0.39, 0.29) is 11.7 Å². The number of nitrogens with zero attached hydrogens (tertiary/aromatic N) is 2. The molecule has 1 aliphatic rings. The zero-order chi connectivity index (χ0) is 16.2. The van der Waals surface area contributed by atoms with E-state index in [4.69, 9.17) is 4.74 Å². The minimum atomic E-state index is -0.0371. The van der Waals surface area contributed by atoms with Gasteiger partial charge in [-0.2, -0.15) is 0 Å². The largest absolute Gasteiger partial charge is 0.494 e. The average molecular weight is 313 g/mol. The molecular formula is C18H23N3O2. The highest BCUT2D eigenvalue weighted by Crippen LogP contribution is 2.28. The molecule has 0 saturated carbocycles. The molecule has 2 heterocycles. The fourth-order valence-corrected chi connectivity index (χ4v) is 3.16. The van der Waals surface area contributed by atoms with Crippen molar-refractivity contribution in [3.05, 3.63) is 36.0 Å². The van der Waals surface area contributed by atoms with Gasteiger partial charge >= 0.3 is 0 Å². The molecule has 5 heteroatoms. The molecule has 5 nitrogen and oxygen atoms in total. The van der Waals surface area contributed by atoms with Gasteiger partial charge in [-0.1, -0.05) is 13.0 Å². The summed E-state index contributed by atoms with van der Waals surface area (Å²) in [6.45, 7) is 6.81. The lowest BCUT2D eigenvalue weighted by molar-refractivity contribution is 0.0889. The highest BCUT2D eigenvalue weighted by molar-refractivity contribution is 6.09. The number of nitrogens with one attached hydrogen (secondary N) is 1. The lowest BCUT2D eigenvalue weighted by atomic mass is 9.95. The lowest BCUT2D eigenvalue weighted by Crippen LogP contribution is -2.45. The molecule has 2 aromatic rings. The molecule has 0 amide bonds. The number of carbonyl (C=O) groups is 1. The number of benzene rings is 1. The Bertz CT molecular complexity index is 696. The number of pyridine rings is 1. The van der Waals surface area contributed by atoms with Gasteiger partial charge in [0.05, 0.1) is 7.11 Å². The second-order valence-corrected chi connectivity index (χ2v) is 6.03. The van der Waals surface area contributed by atoms with Crippen LogP contribution in [0.5, 0.6) is 5.75 Å². The first kappa shape index (κ1) is 15.9. The Morgan fingerprint density at radius 2 is 2.13 bits per heavy atom. The number of piperazine rings is 1. The van der Waals surface area contributed by atoms with Crippen LogP contribution < -0.4 is 10.1 Å². The van der Waals surface area contributed by atoms with Gasteiger partial charge in [0.1, 0.15) is 11.3 Å². The molecule has 23 heavy (non-hydrogen) atoms. The van der Waals surface area contributed by atoms with Crippen LogP contribution in [-0.4, -0.2) is 55.5 Å². The molecule has 1 aromatic carbocycles. The first-order valence-electron chi connectivity index (χ1n) is 8.09. The Hall–Kier alpha value is -1.98. The molecule has 1 aromatic heterocycles. The summed E-state index contributed by atoms with van der Waals surface area (Å²) in [6.07, 6.45) is 1.73. The number of ether oxygens (including phenoxy) is 1. The van der Waals surface area contributed by atoms with Gasteiger partial charge in [-0.15, -0.1) is 0 Å². The van der Waals surface area contributed by atoms with Crippen molar-refractivity contribution in [1.82, 2.24) is 15.2 Å². The molecule has 1 atom stereocenters. The van der Waals surface area contributed by atoms with E-state index in [2.05, 4.69) is 15.2 Å². The summed E-state index contributed by atoms with van der Waals surface area (Å²) in [5.74, 6) is 0.834. The van der Waals surface area contributed by atoms with Crippen molar-refractivity contribution in [2.24, 2.45) is 5.92 Å². The maximum Gasteiger partial charge on any atom is 0.167 e. The van der Waals surface area contributed by atoms with Crippen LogP contribution in [0, 0.1) is 5.92 Å². The lowest BCUT2D eigenvalue weighted by Gasteiger charge is -2.29. The predicted molar refractivity (Wildman–Crippen MR) is 91.1 cm³/mol. The molecule has 0 aliphatic carbocycles. The third kappa shape index (κ3) is 3.35. The second kappa shape index (κ2) is 7.06. The normalized spacial score (nSPS) is 17.1. The van der Waals surface area contributed by atoms with Crippen molar-refractivity contribution in [1.29, 1.82) is 0 Å². The van der Waals surface area contributed by atoms with Gasteiger partial charge < -0.3 is 15.0 Å². The maximum atomic E-state index is 12.9. The van der Waals surface area contributed by atoms with Gasteiger partial charge in [0, 0.05) is 55.8 Å². The quantitative estimate of drug-likeness (QED) is 0.855. The first-order chi connectivity index (χ1) is 11.2. The van der Waals surface area contributed by atoms with Crippen molar-refractivity contribution < 1.29 is 9.53 Å². The van der Waals surface area contributed by atoms with Gasteiger partial charge in [0.15, 0.2) is 5.78 Å². The van der Waals surface area contributed by atoms with Gasteiger partial charge in [-0.25, -0.2) is 0 Å². The summed E-state index contributed by atoms with van der Waals surface area (Å²) in [4.78, 5) is 19.6. The van der Waals surface area contributed by atoms with E-state index < -0.39 is 0 Å². The Labute approximate surface area is 136 Å². The van der Waals surface area contributed by atoms with Gasteiger partial charge in [-0.3, -0.25) is 9.78 Å². The zero-order valence-electron chi connectivity index (χ0n) is 13.7. The summed E-state index contributed by atoms with van der Waals surface area (Å²) in [6, 6.07) is 7.49. The fourth-order valence-electron chi connectivity index (χ4n) is 3.16. The van der Waals surface area contributed by atoms with E-state index in [9.17, 15) is 4.79 Å². The SMILES string of the molecule is COc1ccc(C(=O)C(C)CN2CCNCC2)c2cccnc12. The summed E-state index contributed by atoms with van der Waals surface area (Å²) >= 11 is 0. The monoisotopic (exact) mass is 313 g/mol. The van der Waals surface area contributed by atoms with E-state index >= 15 is 0 Å². The summed E-state index contributed by atoms with van der Waals surface area (Å²) in [5, 5.41) is 4.20. The summed E-state index contributed by atoms with van der Waals surface area (Å²) < 4.78 is 5.36. The number of hydrogen-bond donors (Lipinski definition) is 1. The second-order valence-electron chi connectivity index (χ2n) is 6.03. The van der Waals surface area contributed by atoms with E-state index in [0.717, 1.165) is 49.2 Å². The van der Waals surface area contributed by atoms with E-state index in [0.29, 0.717) is 5.75 Å². The van der Waals surface area contributed by atoms with Crippen molar-refractivity contribution in [2.45, 2.75) is 6.92 Å². The molecule has 1 unspecified atom stereocenters. The van der Waals surface area contributed by atoms with Gasteiger partial charge in [0.25, 0.3) is 0 Å². The molecule has 0 bridgehead atoms. The number of carbonyl (C=O) groups excluding carboxylic acids is 1. The molecule has 1 aliphatic heterocycles. The van der Waals surface area contributed by atoms with Crippen LogP contribution in [-0.2, 0) is 0 Å². The highest BCUT2D eigenvalue weighted by Gasteiger charge is 2.22. The molecule has 3 rings (SSSR count). The Kier molecular flexibility index (Phi) is 4.88. The molecule has 0 spiro atoms. The smallest absolute Gasteiger partial charge is 0.167 e. The molecule has 1 N–H and O–H groups in total. The van der Waals surface area contributed by atoms with Crippen LogP contribution in [0.25, 0.3) is 10.9 Å². The number of ketones is 1. The van der Waals surface area contributed by atoms with Gasteiger partial charge in [-0.05, 0) is 18.2 Å². The standard InChI is InChI=1S/C18H23N3O2/c1-13(12-21-10-8-19-9-11-21)18(22)15-5-6-16(23-2)17-14(15)4-3-7-20-17/h3-7,13,19H,8-12H2,1-2H3. The van der Waals surface area contributed by atoms with Gasteiger partial charge in [0.2, 0.25) is 0 Å². The van der Waals surface area contributed by atoms with Crippen LogP contribution in [0.15, 0.2) is 30.5 Å². The van der Waals surface area contributed by atoms with Crippen LogP contribution >= 0.6 is 0 Å². The number of aromatic nitrogens is 1. The predicted octanol–water partition coefficient (Wildman–Crippen LogP) is 1.97. The third-order valence-corrected chi connectivity index (χ3v) is 4.41. The van der Waals surface area contributed by atoms with E-state index in [1.807, 2.05) is 31.2 Å². The summed E-state index contributed by atoms with van der Waals surface area (Å²) in [5.41, 5.74) is 1.48. The molecule has 122 valence electrons. The molecule has 1 fully saturated rings. The van der Waals surface area contributed by atoms with Crippen molar-refractivity contribution in [3.63, 3.8) is 0 Å². The Balaban J connectivity index is 1.85. The minimum Gasteiger partial charge on any atom is -0.494 e. The molecular weight excluding hydrogens is 290 g/mol. The van der Waals surface area contributed by atoms with Crippen LogP contribution in [0.1, 0.15) is 17.3 Å². The fraction of sp³-hybridized carbons (Fsp3) is 0.444. The average Bonchev–Trinajstić information content (AvgIpc) is 2.61. The Morgan fingerprint density at radius 3 is 2.87 bits per heavy atom. The van der Waals surface area contributed by atoms with Crippen LogP contribution in [0.4, 0.5) is 0 Å². The van der Waals surface area contributed by atoms with E-state index in [1.165, 1.54) is 0 Å². The number of rotatable bonds is 5. The number of fused-ring (bicyclic) bond motifs is 1. The minimum absolute atomic E-state index is 0.0371. The first-order valence-corrected chi connectivity index (χ1v) is 8.09. The summed E-state index contributed by atoms with van der Waals surface area (Å²) in [7, 11) is 1.62. The zero-order valence-corrected chi connectivity index (χ0v) is 13.7. The van der Waals surface area contributed by atoms with Crippen LogP contribution in [0.2, 0.25) is 0 Å².